The van der Waals surface area contributed by atoms with Crippen molar-refractivity contribution in [2.75, 3.05) is 19.8 Å². The van der Waals surface area contributed by atoms with Crippen LogP contribution in [0.3, 0.4) is 0 Å². The quantitative estimate of drug-likeness (QED) is 0.751. The van der Waals surface area contributed by atoms with E-state index in [1.807, 2.05) is 4.90 Å². The molecular weight excluding hydrogens is 382 g/mol. The topological polar surface area (TPSA) is 49.8 Å². The zero-order valence-electron chi connectivity index (χ0n) is 15.3. The van der Waals surface area contributed by atoms with Crippen molar-refractivity contribution in [3.05, 3.63) is 33.5 Å². The fourth-order valence-electron chi connectivity index (χ4n) is 3.99. The van der Waals surface area contributed by atoms with Crippen LogP contribution in [0.5, 0.6) is 0 Å². The Labute approximate surface area is 158 Å². The summed E-state index contributed by atoms with van der Waals surface area (Å²) in [6, 6.07) is 0.0281. The number of carbonyl (C=O) groups excluding carboxylic acids is 1. The summed E-state index contributed by atoms with van der Waals surface area (Å²) < 4.78 is 6.98. The van der Waals surface area contributed by atoms with Crippen LogP contribution in [-0.2, 0) is 9.53 Å². The lowest BCUT2D eigenvalue weighted by atomic mass is 9.79. The Morgan fingerprint density at radius 3 is 2.80 bits per heavy atom. The number of rotatable bonds is 2. The summed E-state index contributed by atoms with van der Waals surface area (Å²) in [5, 5.41) is 9.81. The van der Waals surface area contributed by atoms with E-state index < -0.39 is 0 Å². The first kappa shape index (κ1) is 18.7. The lowest BCUT2D eigenvalue weighted by Gasteiger charge is -2.38. The van der Waals surface area contributed by atoms with Gasteiger partial charge in [-0.25, -0.2) is 0 Å². The predicted octanol–water partition coefficient (Wildman–Crippen LogP) is 3.92. The Hall–Kier alpha value is -1.07. The minimum Gasteiger partial charge on any atom is -0.491 e. The van der Waals surface area contributed by atoms with E-state index in [0.717, 1.165) is 41.5 Å². The smallest absolute Gasteiger partial charge is 0.253 e. The van der Waals surface area contributed by atoms with Crippen LogP contribution in [-0.4, -0.2) is 41.7 Å². The van der Waals surface area contributed by atoms with Gasteiger partial charge in [0.2, 0.25) is 0 Å². The Balaban J connectivity index is 1.89. The molecule has 1 heterocycles. The molecule has 0 radical (unpaired) electrons. The molecule has 0 bridgehead atoms. The van der Waals surface area contributed by atoms with E-state index in [1.54, 1.807) is 0 Å². The minimum atomic E-state index is -0.0379. The van der Waals surface area contributed by atoms with Gasteiger partial charge in [0.1, 0.15) is 12.4 Å². The lowest BCUT2D eigenvalue weighted by molar-refractivity contribution is -0.130. The molecule has 25 heavy (non-hydrogen) atoms. The third kappa shape index (κ3) is 3.72. The van der Waals surface area contributed by atoms with Gasteiger partial charge in [-0.3, -0.25) is 4.79 Å². The number of allylic oxidation sites excluding steroid dienone is 3. The number of ether oxygens (including phenoxy) is 1. The highest BCUT2D eigenvalue weighted by molar-refractivity contribution is 9.11. The van der Waals surface area contributed by atoms with Crippen molar-refractivity contribution in [2.24, 2.45) is 11.3 Å². The molecule has 1 N–H and O–H groups in total. The third-order valence-corrected chi connectivity index (χ3v) is 6.45. The van der Waals surface area contributed by atoms with Crippen LogP contribution in [0.15, 0.2) is 33.5 Å². The number of nitrogens with zero attached hydrogens (tertiary/aromatic N) is 1. The van der Waals surface area contributed by atoms with E-state index in [9.17, 15) is 9.90 Å². The van der Waals surface area contributed by atoms with Crippen LogP contribution in [0.1, 0.15) is 46.5 Å². The van der Waals surface area contributed by atoms with Gasteiger partial charge in [0.05, 0.1) is 18.7 Å². The van der Waals surface area contributed by atoms with Crippen molar-refractivity contribution >= 4 is 21.8 Å². The van der Waals surface area contributed by atoms with E-state index in [1.165, 1.54) is 5.57 Å². The van der Waals surface area contributed by atoms with Gasteiger partial charge in [-0.1, -0.05) is 48.4 Å². The number of hydrogen-bond acceptors (Lipinski definition) is 3. The van der Waals surface area contributed by atoms with Crippen LogP contribution in [0, 0.1) is 11.3 Å². The molecule has 3 rings (SSSR count). The molecule has 1 aliphatic heterocycles. The molecule has 1 amide bonds. The molecule has 2 aliphatic carbocycles. The summed E-state index contributed by atoms with van der Waals surface area (Å²) in [4.78, 5) is 15.2. The highest BCUT2D eigenvalue weighted by atomic mass is 79.9. The van der Waals surface area contributed by atoms with Gasteiger partial charge in [-0.2, -0.15) is 0 Å². The van der Waals surface area contributed by atoms with Crippen molar-refractivity contribution in [3.63, 3.8) is 0 Å². The number of carbonyl (C=O) groups is 1. The first-order chi connectivity index (χ1) is 11.8. The summed E-state index contributed by atoms with van der Waals surface area (Å²) in [5.74, 6) is 0.807. The average molecular weight is 410 g/mol. The molecule has 0 aromatic rings. The predicted molar refractivity (Wildman–Crippen MR) is 102 cm³/mol. The first-order valence-electron chi connectivity index (χ1n) is 9.17. The van der Waals surface area contributed by atoms with Crippen LogP contribution < -0.4 is 0 Å². The van der Waals surface area contributed by atoms with Crippen molar-refractivity contribution in [1.82, 2.24) is 4.90 Å². The summed E-state index contributed by atoms with van der Waals surface area (Å²) in [5.41, 5.74) is 2.23. The van der Waals surface area contributed by atoms with E-state index in [-0.39, 0.29) is 29.9 Å². The number of aliphatic hydroxyl groups excluding tert-OH is 1. The van der Waals surface area contributed by atoms with Crippen LogP contribution in [0.4, 0.5) is 0 Å². The third-order valence-electron chi connectivity index (χ3n) is 5.54. The second-order valence-corrected chi connectivity index (χ2v) is 9.05. The number of aliphatic hydroxyl groups is 1. The zero-order valence-corrected chi connectivity index (χ0v) is 16.9. The highest BCUT2D eigenvalue weighted by Crippen LogP contribution is 2.39. The monoisotopic (exact) mass is 409 g/mol. The van der Waals surface area contributed by atoms with Gasteiger partial charge < -0.3 is 14.7 Å². The molecule has 0 spiro atoms. The maximum absolute atomic E-state index is 13.2. The van der Waals surface area contributed by atoms with Crippen LogP contribution in [0.2, 0.25) is 0 Å². The maximum Gasteiger partial charge on any atom is 0.253 e. The molecule has 3 aliphatic rings. The van der Waals surface area contributed by atoms with Crippen LogP contribution in [0.25, 0.3) is 0 Å². The van der Waals surface area contributed by atoms with E-state index in [4.69, 9.17) is 4.74 Å². The lowest BCUT2D eigenvalue weighted by Crippen LogP contribution is -2.48. The standard InChI is InChI=1S/C20H28BrNO3/c1-20(2,3)13-7-8-14-18(11-13)25-10-9-22(19(14)24)17-6-4-5-16(21)15(17)12-23/h5,11,15,17,23H,4,6-10,12H2,1-3H3. The molecule has 0 aromatic carbocycles. The molecule has 2 atom stereocenters. The molecule has 0 saturated heterocycles. The fraction of sp³-hybridized carbons (Fsp3) is 0.650. The molecule has 138 valence electrons. The zero-order chi connectivity index (χ0) is 18.2. The molecule has 0 saturated carbocycles. The Morgan fingerprint density at radius 1 is 1.36 bits per heavy atom. The number of halogens is 1. The molecule has 4 nitrogen and oxygen atoms in total. The SMILES string of the molecule is CC(C)(C)C1=CC2=C(CC1)C(=O)N(C1CCC=C(Br)C1CO)CCO2. The van der Waals surface area contributed by atoms with Crippen molar-refractivity contribution in [3.8, 4) is 0 Å². The molecule has 0 fully saturated rings. The van der Waals surface area contributed by atoms with Gasteiger partial charge in [0.25, 0.3) is 5.91 Å². The number of amides is 1. The van der Waals surface area contributed by atoms with Gasteiger partial charge in [-0.05, 0) is 41.7 Å². The Kier molecular flexibility index (Phi) is 5.45. The van der Waals surface area contributed by atoms with Crippen molar-refractivity contribution in [1.29, 1.82) is 0 Å². The second kappa shape index (κ2) is 7.28. The highest BCUT2D eigenvalue weighted by Gasteiger charge is 2.38. The van der Waals surface area contributed by atoms with Crippen molar-refractivity contribution < 1.29 is 14.6 Å². The average Bonchev–Trinajstić information content (AvgIpc) is 2.72. The summed E-state index contributed by atoms with van der Waals surface area (Å²) in [7, 11) is 0. The van der Waals surface area contributed by atoms with Crippen molar-refractivity contribution in [2.45, 2.75) is 52.5 Å². The van der Waals surface area contributed by atoms with Gasteiger partial charge in [-0.15, -0.1) is 0 Å². The first-order valence-corrected chi connectivity index (χ1v) is 9.96. The normalized spacial score (nSPS) is 28.0. The van der Waals surface area contributed by atoms with Gasteiger partial charge in [0.15, 0.2) is 0 Å². The molecular formula is C20H28BrNO3. The second-order valence-electron chi connectivity index (χ2n) is 8.13. The molecule has 5 heteroatoms. The molecule has 2 unspecified atom stereocenters. The summed E-state index contributed by atoms with van der Waals surface area (Å²) in [6.07, 6.45) is 7.65. The number of hydrogen-bond donors (Lipinski definition) is 1. The van der Waals surface area contributed by atoms with E-state index in [2.05, 4.69) is 48.9 Å². The van der Waals surface area contributed by atoms with Crippen LogP contribution >= 0.6 is 15.9 Å². The van der Waals surface area contributed by atoms with Gasteiger partial charge in [0, 0.05) is 12.0 Å². The minimum absolute atomic E-state index is 0.0281. The van der Waals surface area contributed by atoms with E-state index >= 15 is 0 Å². The summed E-state index contributed by atoms with van der Waals surface area (Å²) in [6.45, 7) is 7.74. The maximum atomic E-state index is 13.2. The van der Waals surface area contributed by atoms with Gasteiger partial charge >= 0.3 is 0 Å². The molecule has 0 aromatic heterocycles. The summed E-state index contributed by atoms with van der Waals surface area (Å²) >= 11 is 3.57. The Bertz CT molecular complexity index is 642. The largest absolute Gasteiger partial charge is 0.491 e. The van der Waals surface area contributed by atoms with E-state index in [0.29, 0.717) is 13.2 Å². The Morgan fingerprint density at radius 2 is 2.12 bits per heavy atom. The fourth-order valence-corrected chi connectivity index (χ4v) is 4.67.